The van der Waals surface area contributed by atoms with Gasteiger partial charge in [-0.3, -0.25) is 9.59 Å². The van der Waals surface area contributed by atoms with Crippen molar-refractivity contribution in [2.24, 2.45) is 0 Å². The largest absolute Gasteiger partial charge is 0.334 e. The summed E-state index contributed by atoms with van der Waals surface area (Å²) in [6, 6.07) is 2.24. The average Bonchev–Trinajstić information content (AvgIpc) is 3.00. The van der Waals surface area contributed by atoms with Gasteiger partial charge < -0.3 is 9.80 Å². The van der Waals surface area contributed by atoms with E-state index in [4.69, 9.17) is 0 Å². The van der Waals surface area contributed by atoms with Gasteiger partial charge in [-0.2, -0.15) is 0 Å². The van der Waals surface area contributed by atoms with Gasteiger partial charge in [-0.1, -0.05) is 11.8 Å². The number of thioether (sulfide) groups is 1. The van der Waals surface area contributed by atoms with Crippen molar-refractivity contribution in [2.75, 3.05) is 25.4 Å². The predicted octanol–water partition coefficient (Wildman–Crippen LogP) is 2.36. The van der Waals surface area contributed by atoms with Crippen LogP contribution >= 0.6 is 23.1 Å². The Bertz CT molecular complexity index is 514. The van der Waals surface area contributed by atoms with Gasteiger partial charge in [0.1, 0.15) is 6.54 Å². The van der Waals surface area contributed by atoms with E-state index >= 15 is 0 Å². The van der Waals surface area contributed by atoms with E-state index in [-0.39, 0.29) is 23.7 Å². The number of fused-ring (bicyclic) bond motifs is 1. The van der Waals surface area contributed by atoms with Crippen LogP contribution in [0.5, 0.6) is 0 Å². The summed E-state index contributed by atoms with van der Waals surface area (Å²) in [6.07, 6.45) is 0.936. The molecule has 6 heteroatoms. The molecule has 19 heavy (non-hydrogen) atoms. The summed E-state index contributed by atoms with van der Waals surface area (Å²) >= 11 is 3.07. The minimum Gasteiger partial charge on any atom is -0.334 e. The number of rotatable bonds is 2. The monoisotopic (exact) mass is 296 g/mol. The molecule has 0 spiro atoms. The quantitative estimate of drug-likeness (QED) is 0.841. The van der Waals surface area contributed by atoms with E-state index in [0.717, 1.165) is 18.7 Å². The number of hydrogen-bond donors (Lipinski definition) is 0. The molecule has 0 aliphatic carbocycles. The second-order valence-corrected chi connectivity index (χ2v) is 6.89. The van der Waals surface area contributed by atoms with Gasteiger partial charge in [0.25, 0.3) is 5.24 Å². The van der Waals surface area contributed by atoms with Crippen molar-refractivity contribution in [3.63, 3.8) is 0 Å². The van der Waals surface area contributed by atoms with E-state index in [2.05, 4.69) is 18.4 Å². The Morgan fingerprint density at radius 3 is 3.05 bits per heavy atom. The molecule has 102 valence electrons. The topological polar surface area (TPSA) is 40.6 Å². The van der Waals surface area contributed by atoms with E-state index in [9.17, 15) is 9.59 Å². The van der Waals surface area contributed by atoms with Gasteiger partial charge in [0.15, 0.2) is 0 Å². The van der Waals surface area contributed by atoms with Gasteiger partial charge in [0.2, 0.25) is 5.91 Å². The van der Waals surface area contributed by atoms with Crippen molar-refractivity contribution in [3.8, 4) is 0 Å². The van der Waals surface area contributed by atoms with Crippen LogP contribution in [0.4, 0.5) is 4.79 Å². The second kappa shape index (κ2) is 5.17. The zero-order chi connectivity index (χ0) is 13.4. The smallest absolute Gasteiger partial charge is 0.282 e. The van der Waals surface area contributed by atoms with E-state index in [1.165, 1.54) is 22.2 Å². The first kappa shape index (κ1) is 13.0. The maximum Gasteiger partial charge on any atom is 0.282 e. The van der Waals surface area contributed by atoms with E-state index in [1.807, 2.05) is 4.90 Å². The van der Waals surface area contributed by atoms with Gasteiger partial charge in [-0.15, -0.1) is 11.3 Å². The molecule has 4 nitrogen and oxygen atoms in total. The van der Waals surface area contributed by atoms with Crippen molar-refractivity contribution < 1.29 is 9.59 Å². The second-order valence-electron chi connectivity index (χ2n) is 4.85. The molecule has 3 rings (SSSR count). The Morgan fingerprint density at radius 1 is 1.47 bits per heavy atom. The first-order valence-corrected chi connectivity index (χ1v) is 8.31. The highest BCUT2D eigenvalue weighted by molar-refractivity contribution is 8.13. The Hall–Kier alpha value is -1.01. The van der Waals surface area contributed by atoms with Gasteiger partial charge >= 0.3 is 0 Å². The SMILES string of the molecule is C[C@@H]1c2ccsc2CCN1C(=O)CN1CCSC1=O. The number of carbonyl (C=O) groups excluding carboxylic acids is 2. The first-order valence-electron chi connectivity index (χ1n) is 6.44. The van der Waals surface area contributed by atoms with Crippen LogP contribution in [-0.2, 0) is 11.2 Å². The fraction of sp³-hybridized carbons (Fsp3) is 0.538. The highest BCUT2D eigenvalue weighted by Crippen LogP contribution is 2.33. The molecule has 2 aliphatic heterocycles. The van der Waals surface area contributed by atoms with Crippen molar-refractivity contribution in [2.45, 2.75) is 19.4 Å². The van der Waals surface area contributed by atoms with Crippen LogP contribution in [0.1, 0.15) is 23.4 Å². The van der Waals surface area contributed by atoms with Crippen LogP contribution < -0.4 is 0 Å². The molecule has 1 atom stereocenters. The number of carbonyl (C=O) groups is 2. The van der Waals surface area contributed by atoms with Crippen LogP contribution in [-0.4, -0.2) is 46.3 Å². The molecular formula is C13H16N2O2S2. The third-order valence-corrected chi connectivity index (χ3v) is 5.66. The molecule has 0 unspecified atom stereocenters. The summed E-state index contributed by atoms with van der Waals surface area (Å²) in [5.41, 5.74) is 1.27. The number of nitrogens with zero attached hydrogens (tertiary/aromatic N) is 2. The number of hydrogen-bond acceptors (Lipinski definition) is 4. The first-order chi connectivity index (χ1) is 9.16. The zero-order valence-electron chi connectivity index (χ0n) is 10.8. The number of thiophene rings is 1. The van der Waals surface area contributed by atoms with Crippen LogP contribution in [0.2, 0.25) is 0 Å². The third kappa shape index (κ3) is 2.39. The average molecular weight is 296 g/mol. The molecule has 0 N–H and O–H groups in total. The molecule has 1 saturated heterocycles. The Balaban J connectivity index is 1.69. The lowest BCUT2D eigenvalue weighted by Gasteiger charge is -2.34. The molecule has 1 fully saturated rings. The van der Waals surface area contributed by atoms with Gasteiger partial charge in [-0.25, -0.2) is 0 Å². The van der Waals surface area contributed by atoms with Gasteiger partial charge in [0, 0.05) is 23.7 Å². The molecular weight excluding hydrogens is 280 g/mol. The summed E-state index contributed by atoms with van der Waals surface area (Å²) in [5.74, 6) is 0.872. The molecule has 2 aliphatic rings. The van der Waals surface area contributed by atoms with Crippen LogP contribution in [0.3, 0.4) is 0 Å². The standard InChI is InChI=1S/C13H16N2O2S2/c1-9-10-3-6-18-11(10)2-4-15(9)12(16)8-14-5-7-19-13(14)17/h3,6,9H,2,4-5,7-8H2,1H3/t9-/m1/s1. The van der Waals surface area contributed by atoms with Crippen molar-refractivity contribution in [1.82, 2.24) is 9.80 Å². The molecule has 1 aromatic rings. The van der Waals surface area contributed by atoms with Gasteiger partial charge in [0.05, 0.1) is 6.04 Å². The lowest BCUT2D eigenvalue weighted by Crippen LogP contribution is -2.44. The molecule has 3 heterocycles. The number of amides is 2. The lowest BCUT2D eigenvalue weighted by atomic mass is 10.0. The van der Waals surface area contributed by atoms with E-state index in [0.29, 0.717) is 6.54 Å². The lowest BCUT2D eigenvalue weighted by molar-refractivity contribution is -0.134. The predicted molar refractivity (Wildman–Crippen MR) is 77.6 cm³/mol. The minimum absolute atomic E-state index is 0.0363. The van der Waals surface area contributed by atoms with Crippen molar-refractivity contribution >= 4 is 34.2 Å². The van der Waals surface area contributed by atoms with Crippen LogP contribution in [0.15, 0.2) is 11.4 Å². The fourth-order valence-electron chi connectivity index (χ4n) is 2.67. The Labute approximate surface area is 120 Å². The maximum atomic E-state index is 12.4. The van der Waals surface area contributed by atoms with E-state index < -0.39 is 0 Å². The van der Waals surface area contributed by atoms with Crippen molar-refractivity contribution in [1.29, 1.82) is 0 Å². The molecule has 1 aromatic heterocycles. The zero-order valence-corrected chi connectivity index (χ0v) is 12.4. The van der Waals surface area contributed by atoms with Crippen molar-refractivity contribution in [3.05, 3.63) is 21.9 Å². The molecule has 0 aromatic carbocycles. The van der Waals surface area contributed by atoms with Gasteiger partial charge in [-0.05, 0) is 30.4 Å². The molecule has 0 bridgehead atoms. The minimum atomic E-state index is 0.0363. The normalized spacial score (nSPS) is 22.8. The molecule has 2 amide bonds. The summed E-state index contributed by atoms with van der Waals surface area (Å²) in [5, 5.41) is 2.13. The highest BCUT2D eigenvalue weighted by atomic mass is 32.2. The summed E-state index contributed by atoms with van der Waals surface area (Å²) in [7, 11) is 0. The fourth-order valence-corrected chi connectivity index (χ4v) is 4.46. The Kier molecular flexibility index (Phi) is 3.54. The summed E-state index contributed by atoms with van der Waals surface area (Å²) < 4.78 is 0. The summed E-state index contributed by atoms with van der Waals surface area (Å²) in [6.45, 7) is 3.77. The maximum absolute atomic E-state index is 12.4. The third-order valence-electron chi connectivity index (χ3n) is 3.77. The summed E-state index contributed by atoms with van der Waals surface area (Å²) in [4.78, 5) is 28.9. The molecule has 0 saturated carbocycles. The van der Waals surface area contributed by atoms with E-state index in [1.54, 1.807) is 16.2 Å². The molecule has 0 radical (unpaired) electrons. The highest BCUT2D eigenvalue weighted by Gasteiger charge is 2.31. The van der Waals surface area contributed by atoms with Crippen LogP contribution in [0, 0.1) is 0 Å². The van der Waals surface area contributed by atoms with Crippen LogP contribution in [0.25, 0.3) is 0 Å². The Morgan fingerprint density at radius 2 is 2.32 bits per heavy atom.